The number of thioether (sulfide) groups is 1. The van der Waals surface area contributed by atoms with E-state index in [-0.39, 0.29) is 0 Å². The highest BCUT2D eigenvalue weighted by molar-refractivity contribution is 7.99. The number of H-pyrrole nitrogens is 1. The molecule has 1 aliphatic heterocycles. The van der Waals surface area contributed by atoms with Gasteiger partial charge in [0, 0.05) is 18.2 Å². The molecule has 3 nitrogen and oxygen atoms in total. The number of aromatic nitrogens is 3. The maximum Gasteiger partial charge on any atom is 0.195 e. The highest BCUT2D eigenvalue weighted by Gasteiger charge is 2.22. The fourth-order valence-electron chi connectivity index (χ4n) is 1.82. The van der Waals surface area contributed by atoms with Crippen LogP contribution in [-0.4, -0.2) is 26.3 Å². The van der Waals surface area contributed by atoms with E-state index >= 15 is 0 Å². The first kappa shape index (κ1) is 10.2. The van der Waals surface area contributed by atoms with Crippen molar-refractivity contribution >= 4 is 24.0 Å². The van der Waals surface area contributed by atoms with Gasteiger partial charge in [-0.15, -0.1) is 0 Å². The van der Waals surface area contributed by atoms with Crippen molar-refractivity contribution in [3.63, 3.8) is 0 Å². The normalized spacial score (nSPS) is 21.6. The van der Waals surface area contributed by atoms with Gasteiger partial charge < -0.3 is 4.57 Å². The molecule has 2 heterocycles. The summed E-state index contributed by atoms with van der Waals surface area (Å²) >= 11 is 7.22. The molecule has 0 aliphatic carbocycles. The van der Waals surface area contributed by atoms with Crippen molar-refractivity contribution < 1.29 is 0 Å². The predicted octanol–water partition coefficient (Wildman–Crippen LogP) is 2.57. The van der Waals surface area contributed by atoms with Crippen LogP contribution in [0.1, 0.15) is 31.5 Å². The van der Waals surface area contributed by atoms with E-state index in [1.54, 1.807) is 0 Å². The number of nitrogens with one attached hydrogen (secondary N) is 1. The molecule has 0 spiro atoms. The summed E-state index contributed by atoms with van der Waals surface area (Å²) in [7, 11) is 0. The fraction of sp³-hybridized carbons (Fsp3) is 0.778. The van der Waals surface area contributed by atoms with Crippen LogP contribution in [0.4, 0.5) is 0 Å². The zero-order valence-electron chi connectivity index (χ0n) is 8.32. The highest BCUT2D eigenvalue weighted by Crippen LogP contribution is 2.31. The average molecular weight is 229 g/mol. The van der Waals surface area contributed by atoms with Crippen molar-refractivity contribution in [2.24, 2.45) is 0 Å². The van der Waals surface area contributed by atoms with E-state index in [0.717, 1.165) is 17.7 Å². The zero-order valence-corrected chi connectivity index (χ0v) is 9.96. The molecule has 2 rings (SSSR count). The first-order valence-corrected chi connectivity index (χ1v) is 6.62. The van der Waals surface area contributed by atoms with E-state index in [1.165, 1.54) is 23.8 Å². The van der Waals surface area contributed by atoms with Crippen LogP contribution < -0.4 is 0 Å². The number of hydrogen-bond donors (Lipinski definition) is 1. The molecule has 14 heavy (non-hydrogen) atoms. The molecule has 0 radical (unpaired) electrons. The third-order valence-corrected chi connectivity index (χ3v) is 4.00. The van der Waals surface area contributed by atoms with Crippen molar-refractivity contribution in [2.75, 3.05) is 11.5 Å². The van der Waals surface area contributed by atoms with Gasteiger partial charge in [0.25, 0.3) is 0 Å². The van der Waals surface area contributed by atoms with Crippen LogP contribution in [0.2, 0.25) is 0 Å². The summed E-state index contributed by atoms with van der Waals surface area (Å²) in [5, 5.41) is 7.25. The number of rotatable bonds is 3. The summed E-state index contributed by atoms with van der Waals surface area (Å²) in [4.78, 5) is 0. The van der Waals surface area contributed by atoms with Gasteiger partial charge in [0.05, 0.1) is 0 Å². The second kappa shape index (κ2) is 4.49. The van der Waals surface area contributed by atoms with Crippen LogP contribution in [0.3, 0.4) is 0 Å². The van der Waals surface area contributed by atoms with E-state index in [0.29, 0.717) is 5.92 Å². The van der Waals surface area contributed by atoms with Gasteiger partial charge in [-0.1, -0.05) is 6.92 Å². The Morgan fingerprint density at radius 1 is 1.71 bits per heavy atom. The fourth-order valence-corrected chi connectivity index (χ4v) is 3.27. The molecule has 1 saturated heterocycles. The molecule has 5 heteroatoms. The van der Waals surface area contributed by atoms with Crippen LogP contribution >= 0.6 is 24.0 Å². The Balaban J connectivity index is 2.27. The van der Waals surface area contributed by atoms with Crippen molar-refractivity contribution in [1.29, 1.82) is 0 Å². The summed E-state index contributed by atoms with van der Waals surface area (Å²) in [5.74, 6) is 4.24. The Morgan fingerprint density at radius 3 is 3.21 bits per heavy atom. The molecule has 1 aliphatic rings. The Morgan fingerprint density at radius 2 is 2.57 bits per heavy atom. The second-order valence-corrected chi connectivity index (χ2v) is 5.14. The van der Waals surface area contributed by atoms with Crippen LogP contribution in [0.15, 0.2) is 0 Å². The number of nitrogens with zero attached hydrogens (tertiary/aromatic N) is 2. The van der Waals surface area contributed by atoms with Gasteiger partial charge in [-0.25, -0.2) is 0 Å². The standard InChI is InChI=1S/C9H15N3S2/c1-2-4-12-8(10-11-9(12)13)7-3-5-14-6-7/h7H,2-6H2,1H3,(H,11,13). The molecule has 0 saturated carbocycles. The SMILES string of the molecule is CCCn1c(C2CCSC2)n[nH]c1=S. The smallest absolute Gasteiger partial charge is 0.195 e. The van der Waals surface area contributed by atoms with Crippen molar-refractivity contribution in [2.45, 2.75) is 32.2 Å². The number of hydrogen-bond acceptors (Lipinski definition) is 3. The molecule has 1 aromatic heterocycles. The molecule has 1 N–H and O–H groups in total. The summed E-state index contributed by atoms with van der Waals surface area (Å²) in [6, 6.07) is 0. The average Bonchev–Trinajstić information content (AvgIpc) is 2.77. The Labute approximate surface area is 93.3 Å². The lowest BCUT2D eigenvalue weighted by molar-refractivity contribution is 0.590. The van der Waals surface area contributed by atoms with Crippen molar-refractivity contribution in [3.8, 4) is 0 Å². The molecule has 1 aromatic rings. The summed E-state index contributed by atoms with van der Waals surface area (Å²) in [5.41, 5.74) is 0. The quantitative estimate of drug-likeness (QED) is 0.809. The largest absolute Gasteiger partial charge is 0.304 e. The zero-order chi connectivity index (χ0) is 9.97. The lowest BCUT2D eigenvalue weighted by Gasteiger charge is -2.09. The molecule has 0 bridgehead atoms. The van der Waals surface area contributed by atoms with E-state index in [2.05, 4.69) is 21.7 Å². The molecular formula is C9H15N3S2. The Hall–Kier alpha value is -0.290. The second-order valence-electron chi connectivity index (χ2n) is 3.60. The third-order valence-electron chi connectivity index (χ3n) is 2.53. The Bertz CT molecular complexity index is 349. The van der Waals surface area contributed by atoms with Gasteiger partial charge in [0.15, 0.2) is 4.77 Å². The lowest BCUT2D eigenvalue weighted by atomic mass is 10.1. The minimum absolute atomic E-state index is 0.611. The summed E-state index contributed by atoms with van der Waals surface area (Å²) in [6.45, 7) is 3.16. The first-order valence-electron chi connectivity index (χ1n) is 5.05. The Kier molecular flexibility index (Phi) is 3.28. The monoisotopic (exact) mass is 229 g/mol. The van der Waals surface area contributed by atoms with Gasteiger partial charge in [0.2, 0.25) is 0 Å². The predicted molar refractivity (Wildman–Crippen MR) is 62.4 cm³/mol. The number of aromatic amines is 1. The van der Waals surface area contributed by atoms with Gasteiger partial charge >= 0.3 is 0 Å². The maximum atomic E-state index is 5.21. The minimum atomic E-state index is 0.611. The molecule has 78 valence electrons. The molecule has 1 atom stereocenters. The van der Waals surface area contributed by atoms with Crippen LogP contribution in [-0.2, 0) is 6.54 Å². The summed E-state index contributed by atoms with van der Waals surface area (Å²) in [6.07, 6.45) is 2.36. The maximum absolute atomic E-state index is 5.21. The van der Waals surface area contributed by atoms with E-state index in [9.17, 15) is 0 Å². The van der Waals surface area contributed by atoms with Crippen LogP contribution in [0, 0.1) is 4.77 Å². The van der Waals surface area contributed by atoms with E-state index in [4.69, 9.17) is 12.2 Å². The van der Waals surface area contributed by atoms with Crippen molar-refractivity contribution in [1.82, 2.24) is 14.8 Å². The lowest BCUT2D eigenvalue weighted by Crippen LogP contribution is -2.08. The molecular weight excluding hydrogens is 214 g/mol. The third kappa shape index (κ3) is 1.88. The topological polar surface area (TPSA) is 33.6 Å². The molecule has 1 fully saturated rings. The minimum Gasteiger partial charge on any atom is -0.304 e. The van der Waals surface area contributed by atoms with Gasteiger partial charge in [0.1, 0.15) is 5.82 Å². The van der Waals surface area contributed by atoms with Crippen LogP contribution in [0.25, 0.3) is 0 Å². The molecule has 0 aromatic carbocycles. The van der Waals surface area contributed by atoms with E-state index in [1.807, 2.05) is 11.8 Å². The first-order chi connectivity index (χ1) is 6.83. The van der Waals surface area contributed by atoms with E-state index < -0.39 is 0 Å². The van der Waals surface area contributed by atoms with Crippen LogP contribution in [0.5, 0.6) is 0 Å². The van der Waals surface area contributed by atoms with Gasteiger partial charge in [-0.3, -0.25) is 5.10 Å². The molecule has 0 amide bonds. The highest BCUT2D eigenvalue weighted by atomic mass is 32.2. The van der Waals surface area contributed by atoms with Crippen molar-refractivity contribution in [3.05, 3.63) is 10.6 Å². The molecule has 1 unspecified atom stereocenters. The van der Waals surface area contributed by atoms with Gasteiger partial charge in [-0.2, -0.15) is 16.9 Å². The summed E-state index contributed by atoms with van der Waals surface area (Å²) < 4.78 is 2.94. The van der Waals surface area contributed by atoms with Gasteiger partial charge in [-0.05, 0) is 30.8 Å².